The van der Waals surface area contributed by atoms with Crippen LogP contribution in [0.3, 0.4) is 0 Å². The summed E-state index contributed by atoms with van der Waals surface area (Å²) in [6.45, 7) is 0. The topological polar surface area (TPSA) is 144 Å². The molecule has 4 aromatic rings. The number of hydrogen-bond acceptors (Lipinski definition) is 7. The number of sulfonamides is 1. The maximum absolute atomic E-state index is 13.5. The first-order valence-corrected chi connectivity index (χ1v) is 13.6. The summed E-state index contributed by atoms with van der Waals surface area (Å²) in [6, 6.07) is 6.79. The second-order valence-corrected chi connectivity index (χ2v) is 11.3. The molecular formula is C24H20FN3O6S2. The predicted molar refractivity (Wildman–Crippen MR) is 132 cm³/mol. The molecule has 1 fully saturated rings. The van der Waals surface area contributed by atoms with Gasteiger partial charge in [-0.25, -0.2) is 22.6 Å². The molecule has 2 aromatic carbocycles. The van der Waals surface area contributed by atoms with Crippen LogP contribution in [0.1, 0.15) is 45.7 Å². The van der Waals surface area contributed by atoms with Crippen molar-refractivity contribution in [1.29, 1.82) is 0 Å². The number of hydrogen-bond donors (Lipinski definition) is 2. The van der Waals surface area contributed by atoms with Crippen LogP contribution in [0.5, 0.6) is 0 Å². The van der Waals surface area contributed by atoms with Crippen molar-refractivity contribution in [3.05, 3.63) is 69.9 Å². The Labute approximate surface area is 209 Å². The molecule has 1 aliphatic rings. The van der Waals surface area contributed by atoms with Crippen molar-refractivity contribution < 1.29 is 31.9 Å². The van der Waals surface area contributed by atoms with Gasteiger partial charge in [-0.05, 0) is 54.7 Å². The largest absolute Gasteiger partial charge is 0.478 e. The van der Waals surface area contributed by atoms with E-state index in [-0.39, 0.29) is 38.9 Å². The van der Waals surface area contributed by atoms with Gasteiger partial charge in [0.25, 0.3) is 0 Å². The molecule has 186 valence electrons. The number of carboxylic acids is 1. The number of fused-ring (bicyclic) bond motifs is 1. The van der Waals surface area contributed by atoms with Crippen molar-refractivity contribution in [3.63, 3.8) is 0 Å². The van der Waals surface area contributed by atoms with E-state index in [0.29, 0.717) is 11.1 Å². The van der Waals surface area contributed by atoms with Gasteiger partial charge in [0.15, 0.2) is 6.04 Å². The molecule has 1 atom stereocenters. The zero-order valence-corrected chi connectivity index (χ0v) is 20.5. The summed E-state index contributed by atoms with van der Waals surface area (Å²) < 4.78 is 46.5. The molecule has 36 heavy (non-hydrogen) atoms. The Morgan fingerprint density at radius 3 is 2.47 bits per heavy atom. The molecule has 0 saturated heterocycles. The molecule has 12 heteroatoms. The van der Waals surface area contributed by atoms with E-state index in [0.717, 1.165) is 34.7 Å². The van der Waals surface area contributed by atoms with E-state index in [1.165, 1.54) is 36.5 Å². The number of carbonyl (C=O) groups is 2. The monoisotopic (exact) mass is 529 g/mol. The summed E-state index contributed by atoms with van der Waals surface area (Å²) in [5, 5.41) is 12.1. The van der Waals surface area contributed by atoms with Crippen LogP contribution in [0.2, 0.25) is 0 Å². The first-order valence-electron chi connectivity index (χ1n) is 10.8. The summed E-state index contributed by atoms with van der Waals surface area (Å²) in [4.78, 5) is 28.9. The zero-order chi connectivity index (χ0) is 25.8. The van der Waals surface area contributed by atoms with E-state index >= 15 is 0 Å². The van der Waals surface area contributed by atoms with Gasteiger partial charge in [-0.3, -0.25) is 9.10 Å². The van der Waals surface area contributed by atoms with E-state index in [1.54, 1.807) is 11.4 Å². The standard InChI is InChI=1S/C24H20FN3O6S2/c1-36(32,33)28(20(22(26)29)23-27-8-9-35-23)17-11-18-16(10-15(17)12-2-3-12)19(24(30)31)21(34-18)13-4-6-14(25)7-5-13/h4-12,20H,2-3H2,1H3,(H2,26,29)(H,30,31). The van der Waals surface area contributed by atoms with Crippen molar-refractivity contribution in [3.8, 4) is 11.3 Å². The highest BCUT2D eigenvalue weighted by Crippen LogP contribution is 2.49. The van der Waals surface area contributed by atoms with Gasteiger partial charge in [0.1, 0.15) is 27.7 Å². The normalized spacial score (nSPS) is 14.6. The minimum atomic E-state index is -4.06. The van der Waals surface area contributed by atoms with Crippen LogP contribution >= 0.6 is 11.3 Å². The third kappa shape index (κ3) is 4.22. The Kier molecular flexibility index (Phi) is 5.80. The maximum Gasteiger partial charge on any atom is 0.340 e. The van der Waals surface area contributed by atoms with Gasteiger partial charge in [-0.1, -0.05) is 0 Å². The average Bonchev–Trinajstić information content (AvgIpc) is 3.36. The van der Waals surface area contributed by atoms with Crippen LogP contribution in [-0.2, 0) is 14.8 Å². The van der Waals surface area contributed by atoms with Crippen LogP contribution in [0.4, 0.5) is 10.1 Å². The molecule has 0 spiro atoms. The Bertz CT molecular complexity index is 1590. The quantitative estimate of drug-likeness (QED) is 0.347. The van der Waals surface area contributed by atoms with Crippen molar-refractivity contribution in [1.82, 2.24) is 4.98 Å². The number of benzene rings is 2. The SMILES string of the molecule is CS(=O)(=O)N(c1cc2oc(-c3ccc(F)cc3)c(C(=O)O)c2cc1C1CC1)C(C(N)=O)c1nccs1. The molecular weight excluding hydrogens is 509 g/mol. The second kappa shape index (κ2) is 8.71. The number of carbonyl (C=O) groups excluding carboxylic acids is 1. The highest BCUT2D eigenvalue weighted by Gasteiger charge is 2.39. The van der Waals surface area contributed by atoms with Crippen LogP contribution in [0.25, 0.3) is 22.3 Å². The summed E-state index contributed by atoms with van der Waals surface area (Å²) in [5.74, 6) is -2.68. The van der Waals surface area contributed by atoms with Crippen molar-refractivity contribution in [2.75, 3.05) is 10.6 Å². The van der Waals surface area contributed by atoms with Crippen LogP contribution in [0, 0.1) is 5.82 Å². The minimum Gasteiger partial charge on any atom is -0.478 e. The van der Waals surface area contributed by atoms with Crippen LogP contribution in [0.15, 0.2) is 52.4 Å². The zero-order valence-electron chi connectivity index (χ0n) is 18.8. The van der Waals surface area contributed by atoms with E-state index < -0.39 is 33.8 Å². The maximum atomic E-state index is 13.5. The summed E-state index contributed by atoms with van der Waals surface area (Å²) >= 11 is 1.09. The highest BCUT2D eigenvalue weighted by molar-refractivity contribution is 7.92. The number of thiazole rings is 1. The summed E-state index contributed by atoms with van der Waals surface area (Å²) in [6.07, 6.45) is 3.94. The Balaban J connectivity index is 1.79. The van der Waals surface area contributed by atoms with Crippen molar-refractivity contribution >= 4 is 49.9 Å². The fourth-order valence-corrected chi connectivity index (χ4v) is 6.20. The van der Waals surface area contributed by atoms with Crippen LogP contribution in [-0.4, -0.2) is 36.6 Å². The molecule has 3 N–H and O–H groups in total. The average molecular weight is 530 g/mol. The molecule has 0 aliphatic heterocycles. The molecule has 1 saturated carbocycles. The smallest absolute Gasteiger partial charge is 0.340 e. The van der Waals surface area contributed by atoms with E-state index in [4.69, 9.17) is 10.2 Å². The minimum absolute atomic E-state index is 0.00803. The number of primary amides is 1. The molecule has 5 rings (SSSR count). The Hall–Kier alpha value is -3.77. The van der Waals surface area contributed by atoms with Crippen molar-refractivity contribution in [2.45, 2.75) is 24.8 Å². The van der Waals surface area contributed by atoms with Crippen molar-refractivity contribution in [2.24, 2.45) is 5.73 Å². The van der Waals surface area contributed by atoms with Gasteiger partial charge in [-0.15, -0.1) is 11.3 Å². The first kappa shape index (κ1) is 23.9. The van der Waals surface area contributed by atoms with Gasteiger partial charge >= 0.3 is 5.97 Å². The lowest BCUT2D eigenvalue weighted by Gasteiger charge is -2.30. The number of carboxylic acid groups (broad SMARTS) is 1. The number of amides is 1. The number of aromatic nitrogens is 1. The number of nitrogens with zero attached hydrogens (tertiary/aromatic N) is 2. The molecule has 0 bridgehead atoms. The fraction of sp³-hybridized carbons (Fsp3) is 0.208. The van der Waals surface area contributed by atoms with Gasteiger partial charge in [-0.2, -0.15) is 0 Å². The molecule has 2 heterocycles. The predicted octanol–water partition coefficient (Wildman–Crippen LogP) is 4.26. The lowest BCUT2D eigenvalue weighted by Crippen LogP contribution is -2.41. The number of halogens is 1. The molecule has 0 radical (unpaired) electrons. The third-order valence-electron chi connectivity index (χ3n) is 5.96. The van der Waals surface area contributed by atoms with E-state index in [9.17, 15) is 27.5 Å². The number of nitrogens with two attached hydrogens (primary N) is 1. The Morgan fingerprint density at radius 1 is 1.25 bits per heavy atom. The highest BCUT2D eigenvalue weighted by atomic mass is 32.2. The number of furan rings is 1. The first-order chi connectivity index (χ1) is 17.1. The van der Waals surface area contributed by atoms with E-state index in [1.807, 2.05) is 0 Å². The number of aromatic carboxylic acids is 1. The third-order valence-corrected chi connectivity index (χ3v) is 7.91. The summed E-state index contributed by atoms with van der Waals surface area (Å²) in [5.41, 5.74) is 6.71. The van der Waals surface area contributed by atoms with Gasteiger partial charge < -0.3 is 15.3 Å². The molecule has 2 aromatic heterocycles. The fourth-order valence-electron chi connectivity index (χ4n) is 4.29. The second-order valence-electron chi connectivity index (χ2n) is 8.53. The van der Waals surface area contributed by atoms with Gasteiger partial charge in [0.05, 0.1) is 11.9 Å². The molecule has 1 aliphatic carbocycles. The number of rotatable bonds is 8. The molecule has 1 amide bonds. The van der Waals surface area contributed by atoms with Gasteiger partial charge in [0.2, 0.25) is 15.9 Å². The molecule has 1 unspecified atom stereocenters. The van der Waals surface area contributed by atoms with Crippen LogP contribution < -0.4 is 10.0 Å². The lowest BCUT2D eigenvalue weighted by atomic mass is 10.0. The number of anilines is 1. The lowest BCUT2D eigenvalue weighted by molar-refractivity contribution is -0.119. The summed E-state index contributed by atoms with van der Waals surface area (Å²) in [7, 11) is -4.06. The Morgan fingerprint density at radius 2 is 1.94 bits per heavy atom. The van der Waals surface area contributed by atoms with Gasteiger partial charge in [0, 0.05) is 28.6 Å². The molecule has 9 nitrogen and oxygen atoms in total. The van der Waals surface area contributed by atoms with E-state index in [2.05, 4.69) is 4.98 Å².